The monoisotopic (exact) mass is 264 g/mol. The second-order valence-electron chi connectivity index (χ2n) is 4.84. The van der Waals surface area contributed by atoms with Gasteiger partial charge in [0.05, 0.1) is 34.0 Å². The van der Waals surface area contributed by atoms with Crippen LogP contribution in [0.15, 0.2) is 24.5 Å². The van der Waals surface area contributed by atoms with Gasteiger partial charge in [-0.25, -0.2) is 15.0 Å². The quantitative estimate of drug-likeness (QED) is 0.553. The Morgan fingerprint density at radius 3 is 2.50 bits per heavy atom. The predicted molar refractivity (Wildman–Crippen MR) is 76.2 cm³/mol. The van der Waals surface area contributed by atoms with Gasteiger partial charge in [0, 0.05) is 6.20 Å². The number of aromatic nitrogens is 6. The van der Waals surface area contributed by atoms with Crippen LogP contribution in [0.2, 0.25) is 0 Å². The standard InChI is InChI=1S/C14H12N6/c1-7-5-15-6-13(16-7)14-19-11-3-9-10(4-12(11)20-14)18-8(2)17-9/h3-6H,1-2H3,(H,17,18)(H,19,20). The van der Waals surface area contributed by atoms with Crippen molar-refractivity contribution in [3.8, 4) is 11.5 Å². The van der Waals surface area contributed by atoms with Crippen molar-refractivity contribution >= 4 is 22.1 Å². The topological polar surface area (TPSA) is 83.1 Å². The van der Waals surface area contributed by atoms with Gasteiger partial charge in [-0.2, -0.15) is 0 Å². The maximum absolute atomic E-state index is 4.57. The van der Waals surface area contributed by atoms with Gasteiger partial charge in [0.15, 0.2) is 5.82 Å². The van der Waals surface area contributed by atoms with Crippen molar-refractivity contribution in [2.24, 2.45) is 0 Å². The Hall–Kier alpha value is -2.76. The van der Waals surface area contributed by atoms with Crippen LogP contribution in [0.5, 0.6) is 0 Å². The van der Waals surface area contributed by atoms with Gasteiger partial charge in [0.1, 0.15) is 11.5 Å². The highest BCUT2D eigenvalue weighted by Crippen LogP contribution is 2.22. The Kier molecular flexibility index (Phi) is 2.14. The van der Waals surface area contributed by atoms with E-state index in [1.54, 1.807) is 12.4 Å². The Labute approximate surface area is 114 Å². The molecule has 0 bridgehead atoms. The SMILES string of the molecule is Cc1cncc(-c2nc3cc4nc(C)[nH]c4cc3[nH]2)n1. The molecule has 0 saturated carbocycles. The molecule has 6 nitrogen and oxygen atoms in total. The highest BCUT2D eigenvalue weighted by molar-refractivity contribution is 5.92. The Bertz CT molecular complexity index is 882. The first-order chi connectivity index (χ1) is 9.69. The molecule has 0 spiro atoms. The zero-order chi connectivity index (χ0) is 13.7. The lowest BCUT2D eigenvalue weighted by molar-refractivity contribution is 1.10. The van der Waals surface area contributed by atoms with E-state index in [2.05, 4.69) is 29.9 Å². The van der Waals surface area contributed by atoms with Crippen molar-refractivity contribution in [1.82, 2.24) is 29.9 Å². The molecule has 2 N–H and O–H groups in total. The molecule has 4 aromatic rings. The minimum atomic E-state index is 0.723. The first kappa shape index (κ1) is 11.1. The fourth-order valence-electron chi connectivity index (χ4n) is 2.34. The average molecular weight is 264 g/mol. The van der Waals surface area contributed by atoms with E-state index in [-0.39, 0.29) is 0 Å². The Morgan fingerprint density at radius 2 is 1.65 bits per heavy atom. The lowest BCUT2D eigenvalue weighted by Crippen LogP contribution is -1.89. The smallest absolute Gasteiger partial charge is 0.158 e. The zero-order valence-corrected chi connectivity index (χ0v) is 11.1. The molecular weight excluding hydrogens is 252 g/mol. The van der Waals surface area contributed by atoms with Gasteiger partial charge >= 0.3 is 0 Å². The van der Waals surface area contributed by atoms with Crippen LogP contribution in [-0.2, 0) is 0 Å². The van der Waals surface area contributed by atoms with E-state index in [1.165, 1.54) is 0 Å². The predicted octanol–water partition coefficient (Wildman–Crippen LogP) is 2.51. The number of fused-ring (bicyclic) bond motifs is 2. The van der Waals surface area contributed by atoms with Gasteiger partial charge in [0.2, 0.25) is 0 Å². The fraction of sp³-hybridized carbons (Fsp3) is 0.143. The van der Waals surface area contributed by atoms with Crippen LogP contribution in [0, 0.1) is 13.8 Å². The summed E-state index contributed by atoms with van der Waals surface area (Å²) in [6.45, 7) is 3.85. The van der Waals surface area contributed by atoms with Gasteiger partial charge < -0.3 is 9.97 Å². The molecule has 1 aromatic carbocycles. The van der Waals surface area contributed by atoms with Gasteiger partial charge in [-0.1, -0.05) is 0 Å². The van der Waals surface area contributed by atoms with Gasteiger partial charge in [-0.15, -0.1) is 0 Å². The van der Waals surface area contributed by atoms with E-state index in [0.29, 0.717) is 0 Å². The summed E-state index contributed by atoms with van der Waals surface area (Å²) in [6, 6.07) is 3.99. The summed E-state index contributed by atoms with van der Waals surface area (Å²) in [5, 5.41) is 0. The number of aromatic amines is 2. The highest BCUT2D eigenvalue weighted by atomic mass is 15.0. The molecule has 0 fully saturated rings. The number of H-pyrrole nitrogens is 2. The lowest BCUT2D eigenvalue weighted by Gasteiger charge is -1.95. The van der Waals surface area contributed by atoms with E-state index in [1.807, 2.05) is 26.0 Å². The number of rotatable bonds is 1. The third-order valence-corrected chi connectivity index (χ3v) is 3.20. The second kappa shape index (κ2) is 3.86. The summed E-state index contributed by atoms with van der Waals surface area (Å²) in [4.78, 5) is 24.1. The molecule has 0 aliphatic carbocycles. The molecule has 20 heavy (non-hydrogen) atoms. The van der Waals surface area contributed by atoms with Crippen molar-refractivity contribution in [2.75, 3.05) is 0 Å². The first-order valence-corrected chi connectivity index (χ1v) is 6.34. The average Bonchev–Trinajstić information content (AvgIpc) is 2.97. The summed E-state index contributed by atoms with van der Waals surface area (Å²) in [5.74, 6) is 1.62. The normalized spacial score (nSPS) is 11.5. The van der Waals surface area contributed by atoms with Crippen molar-refractivity contribution in [3.63, 3.8) is 0 Å². The molecule has 0 atom stereocenters. The van der Waals surface area contributed by atoms with E-state index in [4.69, 9.17) is 0 Å². The van der Waals surface area contributed by atoms with E-state index in [0.717, 1.165) is 45.1 Å². The zero-order valence-electron chi connectivity index (χ0n) is 11.1. The molecule has 0 unspecified atom stereocenters. The number of imidazole rings is 2. The molecule has 0 radical (unpaired) electrons. The van der Waals surface area contributed by atoms with Crippen molar-refractivity contribution in [3.05, 3.63) is 36.0 Å². The molecular formula is C14H12N6. The van der Waals surface area contributed by atoms with Gasteiger partial charge in [0.25, 0.3) is 0 Å². The molecule has 0 amide bonds. The van der Waals surface area contributed by atoms with Crippen LogP contribution < -0.4 is 0 Å². The Balaban J connectivity index is 1.94. The minimum Gasteiger partial charge on any atom is -0.342 e. The number of aryl methyl sites for hydroxylation is 2. The van der Waals surface area contributed by atoms with E-state index in [9.17, 15) is 0 Å². The summed E-state index contributed by atoms with van der Waals surface area (Å²) in [6.07, 6.45) is 3.43. The van der Waals surface area contributed by atoms with Crippen LogP contribution in [0.25, 0.3) is 33.6 Å². The van der Waals surface area contributed by atoms with Crippen LogP contribution in [0.4, 0.5) is 0 Å². The minimum absolute atomic E-state index is 0.723. The van der Waals surface area contributed by atoms with E-state index < -0.39 is 0 Å². The molecule has 0 saturated heterocycles. The molecule has 0 aliphatic rings. The van der Waals surface area contributed by atoms with Crippen LogP contribution in [0.1, 0.15) is 11.5 Å². The molecule has 3 aromatic heterocycles. The second-order valence-corrected chi connectivity index (χ2v) is 4.84. The number of nitrogens with one attached hydrogen (secondary N) is 2. The van der Waals surface area contributed by atoms with Crippen LogP contribution >= 0.6 is 0 Å². The molecule has 98 valence electrons. The summed E-state index contributed by atoms with van der Waals surface area (Å²) >= 11 is 0. The largest absolute Gasteiger partial charge is 0.342 e. The van der Waals surface area contributed by atoms with Crippen molar-refractivity contribution in [1.29, 1.82) is 0 Å². The maximum atomic E-state index is 4.57. The third kappa shape index (κ3) is 1.65. The number of benzene rings is 1. The molecule has 0 aliphatic heterocycles. The molecule has 3 heterocycles. The van der Waals surface area contributed by atoms with Gasteiger partial charge in [-0.05, 0) is 26.0 Å². The third-order valence-electron chi connectivity index (χ3n) is 3.20. The van der Waals surface area contributed by atoms with Gasteiger partial charge in [-0.3, -0.25) is 4.98 Å². The summed E-state index contributed by atoms with van der Waals surface area (Å²) in [5.41, 5.74) is 5.37. The van der Waals surface area contributed by atoms with Crippen molar-refractivity contribution in [2.45, 2.75) is 13.8 Å². The summed E-state index contributed by atoms with van der Waals surface area (Å²) in [7, 11) is 0. The fourth-order valence-corrected chi connectivity index (χ4v) is 2.34. The van der Waals surface area contributed by atoms with Crippen molar-refractivity contribution < 1.29 is 0 Å². The Morgan fingerprint density at radius 1 is 0.850 bits per heavy atom. The number of hydrogen-bond donors (Lipinski definition) is 2. The lowest BCUT2D eigenvalue weighted by atomic mass is 10.3. The number of hydrogen-bond acceptors (Lipinski definition) is 4. The van der Waals surface area contributed by atoms with Crippen LogP contribution in [0.3, 0.4) is 0 Å². The highest BCUT2D eigenvalue weighted by Gasteiger charge is 2.09. The molecule has 4 rings (SSSR count). The maximum Gasteiger partial charge on any atom is 0.158 e. The van der Waals surface area contributed by atoms with E-state index >= 15 is 0 Å². The first-order valence-electron chi connectivity index (χ1n) is 6.34. The van der Waals surface area contributed by atoms with Crippen LogP contribution in [-0.4, -0.2) is 29.9 Å². The summed E-state index contributed by atoms with van der Waals surface area (Å²) < 4.78 is 0. The number of nitrogens with zero attached hydrogens (tertiary/aromatic N) is 4. The molecule has 6 heteroatoms.